The molecular weight excluding hydrogens is 851 g/mol. The third-order valence-electron chi connectivity index (χ3n) is 8.38. The molecule has 0 spiro atoms. The maximum Gasteiger partial charge on any atom is 0.437 e. The Morgan fingerprint density at radius 2 is 1.14 bits per heavy atom. The van der Waals surface area contributed by atoms with Crippen molar-refractivity contribution in [3.63, 3.8) is 0 Å². The van der Waals surface area contributed by atoms with E-state index in [9.17, 15) is 28.8 Å². The van der Waals surface area contributed by atoms with Crippen LogP contribution in [0.5, 0.6) is 0 Å². The van der Waals surface area contributed by atoms with Crippen LogP contribution in [0.2, 0.25) is 0 Å². The number of ether oxygens (including phenoxy) is 4. The van der Waals surface area contributed by atoms with Gasteiger partial charge in [0.15, 0.2) is 0 Å². The van der Waals surface area contributed by atoms with Crippen LogP contribution in [-0.2, 0) is 25.5 Å². The lowest BCUT2D eigenvalue weighted by molar-refractivity contribution is 0.0539. The normalized spacial score (nSPS) is 13.6. The van der Waals surface area contributed by atoms with E-state index in [1.807, 2.05) is 12.1 Å². The van der Waals surface area contributed by atoms with E-state index in [-0.39, 0.29) is 18.5 Å². The Morgan fingerprint density at radius 3 is 1.62 bits per heavy atom. The van der Waals surface area contributed by atoms with Crippen molar-refractivity contribution in [2.24, 2.45) is 9.98 Å². The molecule has 19 nitrogen and oxygen atoms in total. The lowest BCUT2D eigenvalue weighted by atomic mass is 10.0. The smallest absolute Gasteiger partial charge is 0.437 e. The number of pyridine rings is 1. The lowest BCUT2D eigenvalue weighted by Crippen LogP contribution is -2.48. The van der Waals surface area contributed by atoms with Gasteiger partial charge in [-0.3, -0.25) is 20.2 Å². The summed E-state index contributed by atoms with van der Waals surface area (Å²) in [4.78, 5) is 90.1. The first-order valence-corrected chi connectivity index (χ1v) is 21.2. The number of aromatic nitrogens is 1. The molecule has 0 saturated heterocycles. The van der Waals surface area contributed by atoms with Crippen molar-refractivity contribution < 1.29 is 47.7 Å². The molecule has 1 aliphatic rings. The van der Waals surface area contributed by atoms with Gasteiger partial charge in [0.2, 0.25) is 11.9 Å². The van der Waals surface area contributed by atoms with E-state index in [4.69, 9.17) is 18.9 Å². The van der Waals surface area contributed by atoms with Crippen LogP contribution < -0.4 is 26.6 Å². The number of nitrogens with zero attached hydrogens (tertiary/aromatic N) is 4. The summed E-state index contributed by atoms with van der Waals surface area (Å²) in [5, 5.41) is 13.5. The highest BCUT2D eigenvalue weighted by Gasteiger charge is 2.26. The third-order valence-corrected chi connectivity index (χ3v) is 8.38. The van der Waals surface area contributed by atoms with Gasteiger partial charge in [0.05, 0.1) is 0 Å². The second-order valence-electron chi connectivity index (χ2n) is 19.0. The first-order valence-electron chi connectivity index (χ1n) is 21.2. The number of anilines is 2. The summed E-state index contributed by atoms with van der Waals surface area (Å²) in [5.41, 5.74) is 0.540. The number of benzene rings is 2. The zero-order chi connectivity index (χ0) is 49.0. The summed E-state index contributed by atoms with van der Waals surface area (Å²) in [7, 11) is 0. The molecule has 0 radical (unpaired) electrons. The topological polar surface area (TPSA) is 240 Å². The minimum atomic E-state index is -0.904. The molecule has 66 heavy (non-hydrogen) atoms. The second kappa shape index (κ2) is 21.6. The van der Waals surface area contributed by atoms with Gasteiger partial charge in [0.1, 0.15) is 28.2 Å². The fourth-order valence-electron chi connectivity index (χ4n) is 5.67. The van der Waals surface area contributed by atoms with Crippen molar-refractivity contribution in [1.82, 2.24) is 25.8 Å². The van der Waals surface area contributed by atoms with Gasteiger partial charge in [-0.2, -0.15) is 0 Å². The minimum absolute atomic E-state index is 0.00734. The number of carbonyl (C=O) groups excluding carboxylic acids is 6. The summed E-state index contributed by atoms with van der Waals surface area (Å²) in [6.45, 7) is 21.4. The minimum Gasteiger partial charge on any atom is -0.444 e. The highest BCUT2D eigenvalue weighted by Crippen LogP contribution is 2.24. The van der Waals surface area contributed by atoms with Crippen LogP contribution in [0.3, 0.4) is 0 Å². The molecule has 5 N–H and O–H groups in total. The zero-order valence-electron chi connectivity index (χ0n) is 39.6. The number of hydrogen-bond acceptors (Lipinski definition) is 11. The summed E-state index contributed by atoms with van der Waals surface area (Å²) < 4.78 is 21.2. The Bertz CT molecular complexity index is 2330. The molecule has 1 aliphatic heterocycles. The molecule has 2 heterocycles. The highest BCUT2D eigenvalue weighted by atomic mass is 16.6. The Hall–Kier alpha value is -7.31. The Morgan fingerprint density at radius 1 is 0.621 bits per heavy atom. The van der Waals surface area contributed by atoms with Crippen LogP contribution in [0.1, 0.15) is 121 Å². The molecule has 0 saturated carbocycles. The second-order valence-corrected chi connectivity index (χ2v) is 19.0. The van der Waals surface area contributed by atoms with Gasteiger partial charge in [-0.1, -0.05) is 18.2 Å². The van der Waals surface area contributed by atoms with Crippen LogP contribution in [-0.4, -0.2) is 93.5 Å². The van der Waals surface area contributed by atoms with Crippen LogP contribution in [0.15, 0.2) is 82.9 Å². The lowest BCUT2D eigenvalue weighted by Gasteiger charge is -2.30. The molecule has 3 aromatic rings. The van der Waals surface area contributed by atoms with E-state index >= 15 is 0 Å². The molecule has 0 aliphatic carbocycles. The molecule has 19 heteroatoms. The zero-order valence-corrected chi connectivity index (χ0v) is 39.6. The van der Waals surface area contributed by atoms with Gasteiger partial charge in [-0.25, -0.2) is 24.2 Å². The molecule has 2 aromatic carbocycles. The molecule has 6 amide bonds. The summed E-state index contributed by atoms with van der Waals surface area (Å²) in [6.07, 6.45) is 0.788. The number of guanidine groups is 2. The van der Waals surface area contributed by atoms with Crippen LogP contribution in [0.25, 0.3) is 5.57 Å². The number of amides is 6. The van der Waals surface area contributed by atoms with Crippen molar-refractivity contribution in [2.75, 3.05) is 23.7 Å². The van der Waals surface area contributed by atoms with Gasteiger partial charge < -0.3 is 39.8 Å². The fourth-order valence-corrected chi connectivity index (χ4v) is 5.67. The maximum atomic E-state index is 13.1. The SMILES string of the molecule is CC(C)(C)OC(=O)/N=C(/NC(=O)OC(C)(C)C)N1CC=C(c2ccc(NC(=O)c3ccc(C(=O)Nc4ccc(CN/C(=N\C(=O)OC(C)(C)C)NC(=O)OC(C)(C)C)cc4)cc3)nc2)CC1. The first kappa shape index (κ1) is 51.3. The molecule has 0 bridgehead atoms. The van der Waals surface area contributed by atoms with Crippen molar-refractivity contribution in [2.45, 2.75) is 118 Å². The fraction of sp³-hybridized carbons (Fsp3) is 0.426. The van der Waals surface area contributed by atoms with Crippen molar-refractivity contribution >= 4 is 65.2 Å². The number of alkyl carbamates (subject to hydrolysis) is 2. The van der Waals surface area contributed by atoms with Crippen LogP contribution in [0.4, 0.5) is 30.7 Å². The monoisotopic (exact) mass is 911 g/mol. The molecular formula is C47H61N9O10. The maximum absolute atomic E-state index is 13.1. The van der Waals surface area contributed by atoms with Gasteiger partial charge in [-0.05, 0) is 155 Å². The predicted molar refractivity (Wildman–Crippen MR) is 250 cm³/mol. The van der Waals surface area contributed by atoms with E-state index in [0.29, 0.717) is 42.1 Å². The van der Waals surface area contributed by atoms with Crippen molar-refractivity contribution in [3.05, 3.63) is 95.2 Å². The van der Waals surface area contributed by atoms with E-state index in [1.54, 1.807) is 125 Å². The Kier molecular flexibility index (Phi) is 16.8. The third kappa shape index (κ3) is 18.4. The van der Waals surface area contributed by atoms with E-state index < -0.39 is 58.6 Å². The number of aliphatic imine (C=N–C) groups is 2. The Balaban J connectivity index is 1.31. The number of rotatable bonds is 7. The van der Waals surface area contributed by atoms with Crippen LogP contribution >= 0.6 is 0 Å². The van der Waals surface area contributed by atoms with Crippen molar-refractivity contribution in [1.29, 1.82) is 0 Å². The number of nitrogens with one attached hydrogen (secondary N) is 5. The molecule has 0 fully saturated rings. The Labute approximate surface area is 385 Å². The molecule has 4 rings (SSSR count). The van der Waals surface area contributed by atoms with Gasteiger partial charge in [0.25, 0.3) is 11.8 Å². The van der Waals surface area contributed by atoms with E-state index in [1.165, 1.54) is 24.3 Å². The summed E-state index contributed by atoms with van der Waals surface area (Å²) >= 11 is 0. The average molecular weight is 912 g/mol. The van der Waals surface area contributed by atoms with E-state index in [2.05, 4.69) is 41.6 Å². The standard InChI is InChI=1S/C47H61N9O10/c1-44(2,3)63-40(59)52-38(53-41(60)64-45(4,5)6)49-27-29-13-20-34(21-14-29)50-36(57)31-15-17-32(18-16-31)37(58)51-35-22-19-33(28-48-35)30-23-25-56(26-24-30)39(54-42(61)65-46(7,8)9)55-43(62)66-47(10,11)12/h13-23,28H,24-27H2,1-12H3,(H,50,57)(H,48,51,58)(H,54,55,61,62)(H2,49,52,53,59,60). The molecule has 354 valence electrons. The number of hydrogen-bond donors (Lipinski definition) is 5. The first-order chi connectivity index (χ1) is 30.6. The molecule has 0 atom stereocenters. The molecule has 0 unspecified atom stereocenters. The number of carbonyl (C=O) groups is 6. The molecule has 1 aromatic heterocycles. The quantitative estimate of drug-likeness (QED) is 0.0851. The summed E-state index contributed by atoms with van der Waals surface area (Å²) in [5.74, 6) is -0.657. The van der Waals surface area contributed by atoms with Crippen molar-refractivity contribution in [3.8, 4) is 0 Å². The predicted octanol–water partition coefficient (Wildman–Crippen LogP) is 8.40. The highest BCUT2D eigenvalue weighted by molar-refractivity contribution is 6.07. The van der Waals surface area contributed by atoms with Gasteiger partial charge >= 0.3 is 24.4 Å². The van der Waals surface area contributed by atoms with Crippen LogP contribution in [0, 0.1) is 0 Å². The average Bonchev–Trinajstić information content (AvgIpc) is 3.18. The summed E-state index contributed by atoms with van der Waals surface area (Å²) in [6, 6.07) is 16.5. The van der Waals surface area contributed by atoms with Gasteiger partial charge in [-0.15, -0.1) is 9.98 Å². The van der Waals surface area contributed by atoms with E-state index in [0.717, 1.165) is 16.7 Å². The largest absolute Gasteiger partial charge is 0.444 e. The van der Waals surface area contributed by atoms with Gasteiger partial charge in [0, 0.05) is 42.6 Å².